The molecule has 55 heavy (non-hydrogen) atoms. The van der Waals surface area contributed by atoms with Crippen molar-refractivity contribution in [1.29, 1.82) is 0 Å². The molecule has 322 valence electrons. The summed E-state index contributed by atoms with van der Waals surface area (Å²) in [6.45, 7) is 2.55. The van der Waals surface area contributed by atoms with E-state index in [0.717, 1.165) is 44.9 Å². The van der Waals surface area contributed by atoms with Crippen LogP contribution in [0, 0.1) is 0 Å². The molecule has 11 nitrogen and oxygen atoms in total. The van der Waals surface area contributed by atoms with E-state index in [-0.39, 0.29) is 12.8 Å². The van der Waals surface area contributed by atoms with Gasteiger partial charge < -0.3 is 25.2 Å². The Kier molecular flexibility index (Phi) is 37.4. The number of allylic oxidation sites excluding steroid dienone is 4. The molecule has 0 bridgehead atoms. The van der Waals surface area contributed by atoms with Crippen molar-refractivity contribution in [3.63, 3.8) is 0 Å². The zero-order valence-corrected chi connectivity index (χ0v) is 35.6. The van der Waals surface area contributed by atoms with Gasteiger partial charge in [-0.2, -0.15) is 0 Å². The van der Waals surface area contributed by atoms with E-state index in [9.17, 15) is 34.1 Å². The highest BCUT2D eigenvalue weighted by Crippen LogP contribution is 2.43. The molecule has 0 fully saturated rings. The Bertz CT molecular complexity index is 1040. The van der Waals surface area contributed by atoms with Crippen LogP contribution in [0.4, 0.5) is 0 Å². The third-order valence-corrected chi connectivity index (χ3v) is 10.4. The van der Waals surface area contributed by atoms with E-state index in [0.29, 0.717) is 12.8 Å². The van der Waals surface area contributed by atoms with Crippen LogP contribution in [0.3, 0.4) is 0 Å². The van der Waals surface area contributed by atoms with Gasteiger partial charge in [-0.15, -0.1) is 0 Å². The van der Waals surface area contributed by atoms with E-state index in [2.05, 4.69) is 43.5 Å². The van der Waals surface area contributed by atoms with Crippen LogP contribution in [0.2, 0.25) is 0 Å². The fourth-order valence-corrected chi connectivity index (χ4v) is 6.82. The first-order chi connectivity index (χ1) is 26.6. The zero-order valence-electron chi connectivity index (χ0n) is 34.7. The third-order valence-electron chi connectivity index (χ3n) is 9.49. The van der Waals surface area contributed by atoms with Crippen molar-refractivity contribution < 1.29 is 47.8 Å². The Morgan fingerprint density at radius 3 is 1.51 bits per heavy atom. The second kappa shape index (κ2) is 38.8. The summed E-state index contributed by atoms with van der Waals surface area (Å²) in [7, 11) is -4.75. The molecule has 0 aliphatic heterocycles. The second-order valence-electron chi connectivity index (χ2n) is 14.9. The minimum atomic E-state index is -4.75. The van der Waals surface area contributed by atoms with E-state index in [1.165, 1.54) is 116 Å². The van der Waals surface area contributed by atoms with Crippen molar-refractivity contribution in [2.24, 2.45) is 0 Å². The molecule has 0 heterocycles. The van der Waals surface area contributed by atoms with Gasteiger partial charge in [0.1, 0.15) is 12.7 Å². The standard InChI is InChI=1S/C43H80NO10P/c1-3-5-7-9-11-13-15-16-17-18-19-20-21-22-23-24-25-26-28-30-32-34-41(46)44-40(43(48)49)38-54-55(50,51)53-37-39(45)36-52-42(47)35-33-31-29-27-14-12-10-8-6-4-2/h11,13,16-17,39-40,45H,3-10,12,14-15,18-38H2,1-2H3,(H,44,46)(H,48,49)(H,50,51)/b13-11-,17-16-. The number of aliphatic hydroxyl groups is 1. The highest BCUT2D eigenvalue weighted by molar-refractivity contribution is 7.47. The van der Waals surface area contributed by atoms with Crippen molar-refractivity contribution in [2.45, 2.75) is 212 Å². The molecule has 12 heteroatoms. The number of carboxylic acid groups (broad SMARTS) is 1. The number of carboxylic acids is 1. The highest BCUT2D eigenvalue weighted by Gasteiger charge is 2.28. The van der Waals surface area contributed by atoms with Crippen LogP contribution in [0.1, 0.15) is 200 Å². The first kappa shape index (κ1) is 53.0. The minimum Gasteiger partial charge on any atom is -0.480 e. The molecule has 0 saturated carbocycles. The zero-order chi connectivity index (χ0) is 40.7. The Hall–Kier alpha value is -2.04. The van der Waals surface area contributed by atoms with Crippen LogP contribution in [-0.4, -0.2) is 64.9 Å². The smallest absolute Gasteiger partial charge is 0.472 e. The van der Waals surface area contributed by atoms with Gasteiger partial charge in [0.15, 0.2) is 6.04 Å². The average Bonchev–Trinajstić information content (AvgIpc) is 3.16. The summed E-state index contributed by atoms with van der Waals surface area (Å²) < 4.78 is 26.8. The average molecular weight is 802 g/mol. The number of nitrogens with one attached hydrogen (secondary N) is 1. The predicted molar refractivity (Wildman–Crippen MR) is 222 cm³/mol. The van der Waals surface area contributed by atoms with Gasteiger partial charge in [0.05, 0.1) is 13.2 Å². The molecule has 0 aromatic heterocycles. The van der Waals surface area contributed by atoms with Gasteiger partial charge in [-0.1, -0.05) is 167 Å². The van der Waals surface area contributed by atoms with Crippen LogP contribution in [0.5, 0.6) is 0 Å². The highest BCUT2D eigenvalue weighted by atomic mass is 31.2. The van der Waals surface area contributed by atoms with Crippen LogP contribution in [0.15, 0.2) is 24.3 Å². The number of carbonyl (C=O) groups is 3. The Balaban J connectivity index is 3.87. The lowest BCUT2D eigenvalue weighted by Gasteiger charge is -2.18. The molecule has 3 atom stereocenters. The number of amides is 1. The summed E-state index contributed by atoms with van der Waals surface area (Å²) in [4.78, 5) is 45.8. The topological polar surface area (TPSA) is 169 Å². The summed E-state index contributed by atoms with van der Waals surface area (Å²) in [5.74, 6) is -2.37. The number of unbranched alkanes of at least 4 members (excludes halogenated alkanes) is 23. The molecule has 0 spiro atoms. The third kappa shape index (κ3) is 38.6. The van der Waals surface area contributed by atoms with E-state index in [4.69, 9.17) is 13.8 Å². The number of aliphatic hydroxyl groups excluding tert-OH is 1. The van der Waals surface area contributed by atoms with Crippen LogP contribution < -0.4 is 5.32 Å². The van der Waals surface area contributed by atoms with Gasteiger partial charge in [-0.3, -0.25) is 18.6 Å². The largest absolute Gasteiger partial charge is 0.480 e. The maximum Gasteiger partial charge on any atom is 0.472 e. The Morgan fingerprint density at radius 1 is 0.582 bits per heavy atom. The maximum atomic E-state index is 12.3. The molecule has 0 aliphatic rings. The summed E-state index contributed by atoms with van der Waals surface area (Å²) >= 11 is 0. The first-order valence-electron chi connectivity index (χ1n) is 21.9. The van der Waals surface area contributed by atoms with Gasteiger partial charge in [-0.05, 0) is 44.9 Å². The lowest BCUT2D eigenvalue weighted by molar-refractivity contribution is -0.147. The number of hydrogen-bond acceptors (Lipinski definition) is 8. The SMILES string of the molecule is CCCCC/C=C\C/C=C\CCCCCCCCCCCCCC(=O)NC(COP(=O)(O)OCC(O)COC(=O)CCCCCCCCCCCC)C(=O)O. The molecule has 0 aromatic carbocycles. The summed E-state index contributed by atoms with van der Waals surface area (Å²) in [5.41, 5.74) is 0. The number of ether oxygens (including phenoxy) is 1. The minimum absolute atomic E-state index is 0.145. The monoisotopic (exact) mass is 802 g/mol. The van der Waals surface area contributed by atoms with Gasteiger partial charge in [0, 0.05) is 12.8 Å². The summed E-state index contributed by atoms with van der Waals surface area (Å²) in [6.07, 6.45) is 39.2. The van der Waals surface area contributed by atoms with Crippen LogP contribution >= 0.6 is 7.82 Å². The second-order valence-corrected chi connectivity index (χ2v) is 16.3. The molecule has 1 amide bonds. The fraction of sp³-hybridized carbons (Fsp3) is 0.837. The number of rotatable bonds is 41. The lowest BCUT2D eigenvalue weighted by Crippen LogP contribution is -2.43. The van der Waals surface area contributed by atoms with Crippen molar-refractivity contribution in [1.82, 2.24) is 5.32 Å². The van der Waals surface area contributed by atoms with Crippen molar-refractivity contribution in [2.75, 3.05) is 19.8 Å². The van der Waals surface area contributed by atoms with E-state index < -0.39 is 57.6 Å². The van der Waals surface area contributed by atoms with Gasteiger partial charge in [0.2, 0.25) is 5.91 Å². The van der Waals surface area contributed by atoms with E-state index in [1.54, 1.807) is 0 Å². The Labute approximate surface area is 334 Å². The molecule has 0 aliphatic carbocycles. The summed E-state index contributed by atoms with van der Waals surface area (Å²) in [6, 6.07) is -1.54. The van der Waals surface area contributed by atoms with Crippen molar-refractivity contribution in [3.8, 4) is 0 Å². The first-order valence-corrected chi connectivity index (χ1v) is 23.4. The number of phosphoric ester groups is 1. The maximum absolute atomic E-state index is 12.3. The van der Waals surface area contributed by atoms with Gasteiger partial charge >= 0.3 is 19.8 Å². The van der Waals surface area contributed by atoms with Gasteiger partial charge in [0.25, 0.3) is 0 Å². The molecule has 0 saturated heterocycles. The molecule has 0 aromatic rings. The number of hydrogen-bond donors (Lipinski definition) is 4. The van der Waals surface area contributed by atoms with Crippen LogP contribution in [-0.2, 0) is 32.7 Å². The number of phosphoric acid groups is 1. The molecular formula is C43H80NO10P. The fourth-order valence-electron chi connectivity index (χ4n) is 6.05. The molecule has 4 N–H and O–H groups in total. The number of esters is 1. The Morgan fingerprint density at radius 2 is 1.00 bits per heavy atom. The normalized spacial score (nSPS) is 14.0. The molecule has 0 radical (unpaired) electrons. The number of aliphatic carboxylic acids is 1. The van der Waals surface area contributed by atoms with Crippen molar-refractivity contribution >= 4 is 25.7 Å². The molecule has 3 unspecified atom stereocenters. The molecular weight excluding hydrogens is 721 g/mol. The van der Waals surface area contributed by atoms with E-state index >= 15 is 0 Å². The quantitative estimate of drug-likeness (QED) is 0.0202. The molecule has 0 rings (SSSR count). The van der Waals surface area contributed by atoms with Gasteiger partial charge in [-0.25, -0.2) is 9.36 Å². The van der Waals surface area contributed by atoms with Crippen LogP contribution in [0.25, 0.3) is 0 Å². The summed E-state index contributed by atoms with van der Waals surface area (Å²) in [5, 5.41) is 21.8. The lowest BCUT2D eigenvalue weighted by atomic mass is 10.0. The van der Waals surface area contributed by atoms with Crippen molar-refractivity contribution in [3.05, 3.63) is 24.3 Å². The predicted octanol–water partition coefficient (Wildman–Crippen LogP) is 11.1. The van der Waals surface area contributed by atoms with E-state index in [1.807, 2.05) is 0 Å². The number of carbonyl (C=O) groups excluding carboxylic acids is 2.